The molecule has 0 aromatic carbocycles. The molecule has 0 aromatic rings. The minimum atomic E-state index is -0.551. The fraction of sp³-hybridized carbons (Fsp3) is 0.571. The highest BCUT2D eigenvalue weighted by molar-refractivity contribution is 5.01. The minimum Gasteiger partial charge on any atom is -0.396 e. The van der Waals surface area contributed by atoms with Gasteiger partial charge in [0.15, 0.2) is 0 Å². The van der Waals surface area contributed by atoms with Gasteiger partial charge in [-0.05, 0) is 38.5 Å². The first-order valence-electron chi connectivity index (χ1n) is 5.74. The van der Waals surface area contributed by atoms with E-state index in [1.165, 1.54) is 5.57 Å². The Kier molecular flexibility index (Phi) is 7.86. The lowest BCUT2D eigenvalue weighted by molar-refractivity contribution is 0.115. The van der Waals surface area contributed by atoms with Crippen LogP contribution >= 0.6 is 0 Å². The summed E-state index contributed by atoms with van der Waals surface area (Å²) < 4.78 is 0. The first kappa shape index (κ1) is 15.1. The molecule has 0 aliphatic rings. The van der Waals surface area contributed by atoms with E-state index < -0.39 is 6.10 Å². The van der Waals surface area contributed by atoms with Crippen molar-refractivity contribution < 1.29 is 10.2 Å². The number of hydrogen-bond donors (Lipinski definition) is 2. The molecule has 0 aliphatic carbocycles. The Morgan fingerprint density at radius 2 is 1.88 bits per heavy atom. The molecule has 16 heavy (non-hydrogen) atoms. The number of hydrogen-bond acceptors (Lipinski definition) is 2. The van der Waals surface area contributed by atoms with E-state index in [2.05, 4.69) is 19.2 Å². The first-order chi connectivity index (χ1) is 7.56. The van der Waals surface area contributed by atoms with E-state index in [0.717, 1.165) is 6.42 Å². The zero-order valence-corrected chi connectivity index (χ0v) is 10.4. The van der Waals surface area contributed by atoms with E-state index in [1.807, 2.05) is 19.9 Å². The first-order valence-corrected chi connectivity index (χ1v) is 5.74. The third-order valence-corrected chi connectivity index (χ3v) is 2.79. The highest BCUT2D eigenvalue weighted by atomic mass is 16.3. The maximum Gasteiger partial charge on any atom is 0.0755 e. The lowest BCUT2D eigenvalue weighted by atomic mass is 9.82. The maximum absolute atomic E-state index is 9.88. The molecule has 0 saturated heterocycles. The second kappa shape index (κ2) is 8.31. The van der Waals surface area contributed by atoms with Crippen LogP contribution in [0.5, 0.6) is 0 Å². The van der Waals surface area contributed by atoms with Crippen molar-refractivity contribution >= 4 is 0 Å². The van der Waals surface area contributed by atoms with Crippen molar-refractivity contribution in [2.75, 3.05) is 6.61 Å². The summed E-state index contributed by atoms with van der Waals surface area (Å²) in [6.07, 6.45) is 6.34. The van der Waals surface area contributed by atoms with Crippen LogP contribution in [-0.4, -0.2) is 22.9 Å². The van der Waals surface area contributed by atoms with Crippen LogP contribution in [-0.2, 0) is 0 Å². The van der Waals surface area contributed by atoms with Crippen LogP contribution in [0, 0.1) is 11.8 Å². The Bertz CT molecular complexity index is 239. The molecule has 0 bridgehead atoms. The van der Waals surface area contributed by atoms with Crippen molar-refractivity contribution in [3.63, 3.8) is 0 Å². The van der Waals surface area contributed by atoms with Gasteiger partial charge in [-0.15, -0.1) is 13.2 Å². The van der Waals surface area contributed by atoms with Gasteiger partial charge in [0.2, 0.25) is 0 Å². The second-order valence-electron chi connectivity index (χ2n) is 4.32. The van der Waals surface area contributed by atoms with Crippen molar-refractivity contribution in [1.82, 2.24) is 0 Å². The zero-order valence-electron chi connectivity index (χ0n) is 10.4. The third kappa shape index (κ3) is 5.29. The van der Waals surface area contributed by atoms with Crippen molar-refractivity contribution in [3.05, 3.63) is 37.0 Å². The van der Waals surface area contributed by atoms with E-state index in [-0.39, 0.29) is 18.4 Å². The smallest absolute Gasteiger partial charge is 0.0755 e. The summed E-state index contributed by atoms with van der Waals surface area (Å²) in [5, 5.41) is 18.9. The molecule has 0 fully saturated rings. The molecule has 0 heterocycles. The van der Waals surface area contributed by atoms with Crippen LogP contribution in [0.15, 0.2) is 37.0 Å². The van der Waals surface area contributed by atoms with Gasteiger partial charge in [0, 0.05) is 6.61 Å². The number of aliphatic hydroxyl groups excluding tert-OH is 2. The van der Waals surface area contributed by atoms with E-state index in [9.17, 15) is 5.11 Å². The topological polar surface area (TPSA) is 40.5 Å². The summed E-state index contributed by atoms with van der Waals surface area (Å²) in [7, 11) is 0. The van der Waals surface area contributed by atoms with E-state index >= 15 is 0 Å². The Labute approximate surface area is 99.0 Å². The molecule has 0 aliphatic heterocycles. The molecular weight excluding hydrogens is 200 g/mol. The fourth-order valence-corrected chi connectivity index (χ4v) is 1.77. The predicted molar refractivity (Wildman–Crippen MR) is 69.1 cm³/mol. The molecule has 0 aromatic heterocycles. The number of rotatable bonds is 8. The highest BCUT2D eigenvalue weighted by Gasteiger charge is 2.23. The molecule has 0 saturated carbocycles. The predicted octanol–water partition coefficient (Wildman–Crippen LogP) is 2.69. The molecule has 2 heteroatoms. The van der Waals surface area contributed by atoms with Gasteiger partial charge < -0.3 is 10.2 Å². The summed E-state index contributed by atoms with van der Waals surface area (Å²) in [4.78, 5) is 0. The molecule has 3 atom stereocenters. The van der Waals surface area contributed by atoms with Gasteiger partial charge in [0.25, 0.3) is 0 Å². The Balaban J connectivity index is 4.68. The standard InChI is InChI=1S/C14H24O2/c1-5-12(9-10-15)13(14(16)6-2)8-7-11(3)4/h5-7,12-16H,1-2,8-10H2,3-4H3/t12-,13+,14?/m0/s1. The van der Waals surface area contributed by atoms with Gasteiger partial charge in [-0.1, -0.05) is 23.8 Å². The van der Waals surface area contributed by atoms with Gasteiger partial charge in [-0.3, -0.25) is 0 Å². The lowest BCUT2D eigenvalue weighted by Crippen LogP contribution is -2.25. The van der Waals surface area contributed by atoms with Crippen molar-refractivity contribution in [2.24, 2.45) is 11.8 Å². The molecule has 92 valence electrons. The van der Waals surface area contributed by atoms with Crippen LogP contribution in [0.25, 0.3) is 0 Å². The monoisotopic (exact) mass is 224 g/mol. The molecule has 1 unspecified atom stereocenters. The van der Waals surface area contributed by atoms with Crippen molar-refractivity contribution in [1.29, 1.82) is 0 Å². The molecule has 0 rings (SSSR count). The van der Waals surface area contributed by atoms with Crippen LogP contribution in [0.4, 0.5) is 0 Å². The summed E-state index contributed by atoms with van der Waals surface area (Å²) in [6.45, 7) is 11.6. The van der Waals surface area contributed by atoms with Gasteiger partial charge in [-0.2, -0.15) is 0 Å². The number of allylic oxidation sites excluding steroid dienone is 3. The summed E-state index contributed by atoms with van der Waals surface area (Å²) in [5.41, 5.74) is 1.23. The molecule has 0 amide bonds. The fourth-order valence-electron chi connectivity index (χ4n) is 1.77. The van der Waals surface area contributed by atoms with Gasteiger partial charge >= 0.3 is 0 Å². The Hall–Kier alpha value is -0.860. The van der Waals surface area contributed by atoms with Crippen LogP contribution in [0.2, 0.25) is 0 Å². The van der Waals surface area contributed by atoms with E-state index in [0.29, 0.717) is 6.42 Å². The SMILES string of the molecule is C=CC(O)[C@H](CC=C(C)C)[C@@H](C=C)CCO. The van der Waals surface area contributed by atoms with Gasteiger partial charge in [-0.25, -0.2) is 0 Å². The summed E-state index contributed by atoms with van der Waals surface area (Å²) >= 11 is 0. The summed E-state index contributed by atoms with van der Waals surface area (Å²) in [5.74, 6) is 0.172. The van der Waals surface area contributed by atoms with E-state index in [4.69, 9.17) is 5.11 Å². The minimum absolute atomic E-state index is 0.0528. The van der Waals surface area contributed by atoms with Crippen LogP contribution < -0.4 is 0 Å². The number of aliphatic hydroxyl groups is 2. The molecule has 2 nitrogen and oxygen atoms in total. The van der Waals surface area contributed by atoms with Crippen molar-refractivity contribution in [2.45, 2.75) is 32.8 Å². The Morgan fingerprint density at radius 3 is 2.25 bits per heavy atom. The lowest BCUT2D eigenvalue weighted by Gasteiger charge is -2.26. The molecular formula is C14H24O2. The van der Waals surface area contributed by atoms with E-state index in [1.54, 1.807) is 6.08 Å². The molecule has 0 radical (unpaired) electrons. The van der Waals surface area contributed by atoms with Crippen LogP contribution in [0.1, 0.15) is 26.7 Å². The Morgan fingerprint density at radius 1 is 1.25 bits per heavy atom. The summed E-state index contributed by atoms with van der Waals surface area (Å²) in [6, 6.07) is 0. The second-order valence-corrected chi connectivity index (χ2v) is 4.32. The van der Waals surface area contributed by atoms with Crippen molar-refractivity contribution in [3.8, 4) is 0 Å². The maximum atomic E-state index is 9.88. The highest BCUT2D eigenvalue weighted by Crippen LogP contribution is 2.25. The molecule has 2 N–H and O–H groups in total. The van der Waals surface area contributed by atoms with Gasteiger partial charge in [0.05, 0.1) is 6.10 Å². The zero-order chi connectivity index (χ0) is 12.6. The largest absolute Gasteiger partial charge is 0.396 e. The van der Waals surface area contributed by atoms with Crippen LogP contribution in [0.3, 0.4) is 0 Å². The quantitative estimate of drug-likeness (QED) is 0.622. The average Bonchev–Trinajstić information content (AvgIpc) is 2.26. The third-order valence-electron chi connectivity index (χ3n) is 2.79. The molecule has 0 spiro atoms. The average molecular weight is 224 g/mol. The normalized spacial score (nSPS) is 16.0. The van der Waals surface area contributed by atoms with Gasteiger partial charge in [0.1, 0.15) is 0 Å².